The van der Waals surface area contributed by atoms with Crippen LogP contribution in [0.2, 0.25) is 0 Å². The number of hydrogen-bond acceptors (Lipinski definition) is 5. The van der Waals surface area contributed by atoms with Gasteiger partial charge in [0.1, 0.15) is 19.0 Å². The van der Waals surface area contributed by atoms with Crippen LogP contribution in [0.3, 0.4) is 0 Å². The molecule has 0 aliphatic carbocycles. The lowest BCUT2D eigenvalue weighted by Crippen LogP contribution is -2.13. The summed E-state index contributed by atoms with van der Waals surface area (Å²) in [6.45, 7) is 5.29. The van der Waals surface area contributed by atoms with Crippen molar-refractivity contribution in [2.45, 2.75) is 26.5 Å². The predicted molar refractivity (Wildman–Crippen MR) is 80.1 cm³/mol. The molecule has 114 valence electrons. The SMILES string of the molecule is CCCNCc1cc(COCCOc2ccccc2)on1. The molecule has 0 atom stereocenters. The summed E-state index contributed by atoms with van der Waals surface area (Å²) in [5.41, 5.74) is 0.905. The maximum atomic E-state index is 5.53. The molecule has 21 heavy (non-hydrogen) atoms. The molecule has 0 aliphatic heterocycles. The lowest BCUT2D eigenvalue weighted by atomic mass is 10.3. The molecule has 1 heterocycles. The Bertz CT molecular complexity index is 499. The van der Waals surface area contributed by atoms with Crippen LogP contribution < -0.4 is 10.1 Å². The fourth-order valence-corrected chi connectivity index (χ4v) is 1.81. The predicted octanol–water partition coefficient (Wildman–Crippen LogP) is 2.77. The maximum absolute atomic E-state index is 5.53. The third-order valence-corrected chi connectivity index (χ3v) is 2.82. The zero-order valence-corrected chi connectivity index (χ0v) is 12.4. The fraction of sp³-hybridized carbons (Fsp3) is 0.438. The van der Waals surface area contributed by atoms with Crippen molar-refractivity contribution in [2.24, 2.45) is 0 Å². The number of ether oxygens (including phenoxy) is 2. The second kappa shape index (κ2) is 9.15. The van der Waals surface area contributed by atoms with Crippen LogP contribution in [-0.2, 0) is 17.9 Å². The molecule has 0 aliphatic rings. The molecule has 1 aromatic carbocycles. The Balaban J connectivity index is 1.58. The summed E-state index contributed by atoms with van der Waals surface area (Å²) in [6.07, 6.45) is 1.11. The van der Waals surface area contributed by atoms with E-state index in [0.29, 0.717) is 19.8 Å². The quantitative estimate of drug-likeness (QED) is 0.682. The van der Waals surface area contributed by atoms with E-state index in [1.807, 2.05) is 36.4 Å². The van der Waals surface area contributed by atoms with Crippen LogP contribution in [0.5, 0.6) is 5.75 Å². The Morgan fingerprint density at radius 3 is 2.86 bits per heavy atom. The summed E-state index contributed by atoms with van der Waals surface area (Å²) in [7, 11) is 0. The third kappa shape index (κ3) is 5.97. The van der Waals surface area contributed by atoms with Gasteiger partial charge in [0.25, 0.3) is 0 Å². The summed E-state index contributed by atoms with van der Waals surface area (Å²) in [4.78, 5) is 0. The number of hydrogen-bond donors (Lipinski definition) is 1. The average Bonchev–Trinajstić information content (AvgIpc) is 2.96. The van der Waals surface area contributed by atoms with Gasteiger partial charge < -0.3 is 19.3 Å². The van der Waals surface area contributed by atoms with Gasteiger partial charge in [-0.05, 0) is 25.1 Å². The Morgan fingerprint density at radius 1 is 1.19 bits per heavy atom. The number of rotatable bonds is 10. The van der Waals surface area contributed by atoms with E-state index in [0.717, 1.165) is 36.7 Å². The molecule has 5 heteroatoms. The summed E-state index contributed by atoms with van der Waals surface area (Å²) < 4.78 is 16.2. The second-order valence-corrected chi connectivity index (χ2v) is 4.68. The highest BCUT2D eigenvalue weighted by Gasteiger charge is 2.03. The zero-order valence-electron chi connectivity index (χ0n) is 12.4. The van der Waals surface area contributed by atoms with E-state index in [1.54, 1.807) is 0 Å². The van der Waals surface area contributed by atoms with Crippen LogP contribution in [0.15, 0.2) is 40.9 Å². The first kappa shape index (κ1) is 15.5. The van der Waals surface area contributed by atoms with Crippen LogP contribution in [0.25, 0.3) is 0 Å². The monoisotopic (exact) mass is 290 g/mol. The minimum absolute atomic E-state index is 0.416. The van der Waals surface area contributed by atoms with Gasteiger partial charge in [0.15, 0.2) is 5.76 Å². The Kier molecular flexibility index (Phi) is 6.77. The molecule has 2 rings (SSSR count). The number of nitrogens with one attached hydrogen (secondary N) is 1. The van der Waals surface area contributed by atoms with E-state index >= 15 is 0 Å². The fourth-order valence-electron chi connectivity index (χ4n) is 1.81. The first-order valence-electron chi connectivity index (χ1n) is 7.29. The summed E-state index contributed by atoms with van der Waals surface area (Å²) in [6, 6.07) is 11.6. The molecular weight excluding hydrogens is 268 g/mol. The van der Waals surface area contributed by atoms with Crippen LogP contribution >= 0.6 is 0 Å². The van der Waals surface area contributed by atoms with E-state index in [1.165, 1.54) is 0 Å². The van der Waals surface area contributed by atoms with E-state index in [2.05, 4.69) is 17.4 Å². The molecule has 0 spiro atoms. The van der Waals surface area contributed by atoms with Crippen molar-refractivity contribution in [3.8, 4) is 5.75 Å². The van der Waals surface area contributed by atoms with Crippen molar-refractivity contribution in [3.63, 3.8) is 0 Å². The molecule has 1 aromatic heterocycles. The minimum atomic E-state index is 0.416. The standard InChI is InChI=1S/C16H22N2O3/c1-2-8-17-12-14-11-16(21-18-14)13-19-9-10-20-15-6-4-3-5-7-15/h3-7,11,17H,2,8-10,12-13H2,1H3. The van der Waals surface area contributed by atoms with E-state index in [9.17, 15) is 0 Å². The largest absolute Gasteiger partial charge is 0.491 e. The van der Waals surface area contributed by atoms with Gasteiger partial charge in [-0.3, -0.25) is 0 Å². The first-order valence-corrected chi connectivity index (χ1v) is 7.29. The third-order valence-electron chi connectivity index (χ3n) is 2.82. The van der Waals surface area contributed by atoms with E-state index in [4.69, 9.17) is 14.0 Å². The number of benzene rings is 1. The molecule has 0 amide bonds. The molecule has 0 unspecified atom stereocenters. The lowest BCUT2D eigenvalue weighted by Gasteiger charge is -2.05. The number of para-hydroxylation sites is 1. The Labute approximate surface area is 125 Å². The molecular formula is C16H22N2O3. The Hall–Kier alpha value is -1.85. The van der Waals surface area contributed by atoms with Crippen molar-refractivity contribution in [3.05, 3.63) is 47.9 Å². The highest BCUT2D eigenvalue weighted by atomic mass is 16.5. The van der Waals surface area contributed by atoms with Gasteiger partial charge in [0.05, 0.1) is 12.3 Å². The van der Waals surface area contributed by atoms with Crippen LogP contribution in [0.4, 0.5) is 0 Å². The van der Waals surface area contributed by atoms with E-state index in [-0.39, 0.29) is 0 Å². The smallest absolute Gasteiger partial charge is 0.162 e. The molecule has 1 N–H and O–H groups in total. The molecule has 0 saturated carbocycles. The highest BCUT2D eigenvalue weighted by molar-refractivity contribution is 5.20. The first-order chi connectivity index (χ1) is 10.4. The van der Waals surface area contributed by atoms with Gasteiger partial charge in [0, 0.05) is 12.6 Å². The van der Waals surface area contributed by atoms with Crippen LogP contribution in [-0.4, -0.2) is 24.9 Å². The van der Waals surface area contributed by atoms with Gasteiger partial charge in [-0.1, -0.05) is 30.3 Å². The summed E-state index contributed by atoms with van der Waals surface area (Å²) in [5, 5.41) is 7.26. The topological polar surface area (TPSA) is 56.5 Å². The van der Waals surface area contributed by atoms with Crippen molar-refractivity contribution in [2.75, 3.05) is 19.8 Å². The van der Waals surface area contributed by atoms with Gasteiger partial charge in [-0.2, -0.15) is 0 Å². The molecule has 0 fully saturated rings. The second-order valence-electron chi connectivity index (χ2n) is 4.68. The zero-order chi connectivity index (χ0) is 14.8. The summed E-state index contributed by atoms with van der Waals surface area (Å²) >= 11 is 0. The highest BCUT2D eigenvalue weighted by Crippen LogP contribution is 2.08. The van der Waals surface area contributed by atoms with Crippen molar-refractivity contribution >= 4 is 0 Å². The molecule has 0 saturated heterocycles. The molecule has 5 nitrogen and oxygen atoms in total. The molecule has 0 radical (unpaired) electrons. The van der Waals surface area contributed by atoms with Gasteiger partial charge >= 0.3 is 0 Å². The van der Waals surface area contributed by atoms with Gasteiger partial charge in [-0.25, -0.2) is 0 Å². The van der Waals surface area contributed by atoms with E-state index < -0.39 is 0 Å². The van der Waals surface area contributed by atoms with Crippen LogP contribution in [0, 0.1) is 0 Å². The van der Waals surface area contributed by atoms with Gasteiger partial charge in [0.2, 0.25) is 0 Å². The maximum Gasteiger partial charge on any atom is 0.162 e. The molecule has 0 bridgehead atoms. The van der Waals surface area contributed by atoms with Gasteiger partial charge in [-0.15, -0.1) is 0 Å². The molecule has 2 aromatic rings. The number of aromatic nitrogens is 1. The van der Waals surface area contributed by atoms with Crippen molar-refractivity contribution in [1.82, 2.24) is 10.5 Å². The van der Waals surface area contributed by atoms with Crippen molar-refractivity contribution in [1.29, 1.82) is 0 Å². The number of nitrogens with zero attached hydrogens (tertiary/aromatic N) is 1. The normalized spacial score (nSPS) is 10.7. The van der Waals surface area contributed by atoms with Crippen LogP contribution in [0.1, 0.15) is 24.8 Å². The van der Waals surface area contributed by atoms with Crippen molar-refractivity contribution < 1.29 is 14.0 Å². The summed E-state index contributed by atoms with van der Waals surface area (Å²) in [5.74, 6) is 1.59. The lowest BCUT2D eigenvalue weighted by molar-refractivity contribution is 0.0746. The Morgan fingerprint density at radius 2 is 2.05 bits per heavy atom. The minimum Gasteiger partial charge on any atom is -0.491 e. The average molecular weight is 290 g/mol.